The van der Waals surface area contributed by atoms with E-state index < -0.39 is 17.4 Å². The van der Waals surface area contributed by atoms with Gasteiger partial charge in [-0.1, -0.05) is 19.0 Å². The molecule has 1 aromatic heterocycles. The number of ether oxygens (including phenoxy) is 1. The second-order valence-electron chi connectivity index (χ2n) is 7.06. The van der Waals surface area contributed by atoms with Gasteiger partial charge in [0.2, 0.25) is 0 Å². The second-order valence-corrected chi connectivity index (χ2v) is 7.91. The molecule has 0 aliphatic rings. The third kappa shape index (κ3) is 5.56. The van der Waals surface area contributed by atoms with Gasteiger partial charge in [-0.05, 0) is 60.3 Å². The first-order valence-corrected chi connectivity index (χ1v) is 9.30. The molecule has 0 bridgehead atoms. The van der Waals surface area contributed by atoms with E-state index in [1.165, 1.54) is 6.92 Å². The normalized spacial score (nSPS) is 13.3. The van der Waals surface area contributed by atoms with Gasteiger partial charge in [-0.3, -0.25) is 4.79 Å². The zero-order valence-corrected chi connectivity index (χ0v) is 17.3. The Balaban J connectivity index is 2.08. The van der Waals surface area contributed by atoms with Crippen molar-refractivity contribution < 1.29 is 24.0 Å². The van der Waals surface area contributed by atoms with Gasteiger partial charge in [-0.25, -0.2) is 4.79 Å². The number of carbonyl (C=O) groups is 2. The van der Waals surface area contributed by atoms with Gasteiger partial charge < -0.3 is 19.7 Å². The van der Waals surface area contributed by atoms with Crippen LogP contribution in [-0.4, -0.2) is 27.7 Å². The van der Waals surface area contributed by atoms with Crippen molar-refractivity contribution in [3.63, 3.8) is 0 Å². The Kier molecular flexibility index (Phi) is 6.64. The molecule has 1 atom stereocenters. The summed E-state index contributed by atoms with van der Waals surface area (Å²) in [6, 6.07) is 6.59. The van der Waals surface area contributed by atoms with E-state index in [2.05, 4.69) is 26.4 Å². The number of nitrogens with zero attached hydrogens (tertiary/aromatic N) is 1. The van der Waals surface area contributed by atoms with Crippen LogP contribution in [0.2, 0.25) is 0 Å². The van der Waals surface area contributed by atoms with E-state index in [0.717, 1.165) is 5.69 Å². The summed E-state index contributed by atoms with van der Waals surface area (Å²) in [5.74, 6) is -0.283. The molecule has 0 aliphatic heterocycles. The topological polar surface area (TPSA) is 102 Å². The predicted octanol–water partition coefficient (Wildman–Crippen LogP) is 3.94. The molecular formula is C19H23BrN2O5. The van der Waals surface area contributed by atoms with Crippen LogP contribution >= 0.6 is 15.9 Å². The number of aryl methyl sites for hydroxylation is 1. The third-order valence-corrected chi connectivity index (χ3v) is 4.54. The van der Waals surface area contributed by atoms with Crippen molar-refractivity contribution in [3.05, 3.63) is 45.8 Å². The molecule has 0 aliphatic carbocycles. The largest absolute Gasteiger partial charge is 0.484 e. The summed E-state index contributed by atoms with van der Waals surface area (Å²) in [6.07, 6.45) is 0.326. The van der Waals surface area contributed by atoms with Crippen LogP contribution in [-0.2, 0) is 11.4 Å². The van der Waals surface area contributed by atoms with E-state index >= 15 is 0 Å². The molecule has 0 saturated heterocycles. The molecule has 0 fully saturated rings. The Morgan fingerprint density at radius 2 is 2.07 bits per heavy atom. The number of hydrogen-bond donors (Lipinski definition) is 2. The number of carboxylic acids is 1. The van der Waals surface area contributed by atoms with Gasteiger partial charge in [0, 0.05) is 11.6 Å². The first-order valence-electron chi connectivity index (χ1n) is 8.51. The molecule has 2 N–H and O–H groups in total. The predicted molar refractivity (Wildman–Crippen MR) is 103 cm³/mol. The van der Waals surface area contributed by atoms with E-state index in [1.807, 2.05) is 20.8 Å². The van der Waals surface area contributed by atoms with Crippen molar-refractivity contribution in [3.8, 4) is 5.75 Å². The number of carbonyl (C=O) groups excluding carboxylic acids is 1. The van der Waals surface area contributed by atoms with Crippen LogP contribution in [0.25, 0.3) is 0 Å². The van der Waals surface area contributed by atoms with E-state index in [0.29, 0.717) is 28.0 Å². The number of amides is 1. The summed E-state index contributed by atoms with van der Waals surface area (Å²) in [6.45, 7) is 7.36. The summed E-state index contributed by atoms with van der Waals surface area (Å²) >= 11 is 3.38. The van der Waals surface area contributed by atoms with Crippen LogP contribution in [0.4, 0.5) is 0 Å². The summed E-state index contributed by atoms with van der Waals surface area (Å²) in [5, 5.41) is 15.9. The lowest BCUT2D eigenvalue weighted by Gasteiger charge is -2.28. The number of aliphatic carboxylic acids is 1. The molecule has 0 saturated carbocycles. The van der Waals surface area contributed by atoms with Crippen LogP contribution in [0.15, 0.2) is 33.3 Å². The summed E-state index contributed by atoms with van der Waals surface area (Å²) in [4.78, 5) is 24.1. The highest BCUT2D eigenvalue weighted by molar-refractivity contribution is 9.10. The van der Waals surface area contributed by atoms with Gasteiger partial charge >= 0.3 is 5.97 Å². The Hall–Kier alpha value is -2.35. The van der Waals surface area contributed by atoms with Crippen LogP contribution in [0, 0.1) is 12.8 Å². The van der Waals surface area contributed by atoms with Gasteiger partial charge in [0.25, 0.3) is 5.91 Å². The fourth-order valence-corrected chi connectivity index (χ4v) is 3.22. The van der Waals surface area contributed by atoms with Crippen molar-refractivity contribution in [2.75, 3.05) is 0 Å². The van der Waals surface area contributed by atoms with E-state index in [-0.39, 0.29) is 12.5 Å². The highest BCUT2D eigenvalue weighted by atomic mass is 79.9. The minimum atomic E-state index is -1.34. The van der Waals surface area contributed by atoms with Crippen molar-refractivity contribution in [1.82, 2.24) is 10.5 Å². The van der Waals surface area contributed by atoms with Crippen LogP contribution in [0.3, 0.4) is 0 Å². The van der Waals surface area contributed by atoms with Gasteiger partial charge in [0.05, 0.1) is 10.2 Å². The van der Waals surface area contributed by atoms with E-state index in [9.17, 15) is 14.7 Å². The highest BCUT2D eigenvalue weighted by Crippen LogP contribution is 2.27. The maximum absolute atomic E-state index is 12.5. The number of hydrogen-bond acceptors (Lipinski definition) is 5. The number of nitrogens with one attached hydrogen (secondary N) is 1. The molecule has 27 heavy (non-hydrogen) atoms. The summed E-state index contributed by atoms with van der Waals surface area (Å²) < 4.78 is 11.3. The first-order chi connectivity index (χ1) is 12.6. The maximum atomic E-state index is 12.5. The molecule has 1 amide bonds. The summed E-state index contributed by atoms with van der Waals surface area (Å²) in [7, 11) is 0. The Labute approximate surface area is 166 Å². The van der Waals surface area contributed by atoms with Crippen molar-refractivity contribution >= 4 is 27.8 Å². The molecule has 2 aromatic rings. The first kappa shape index (κ1) is 21.0. The van der Waals surface area contributed by atoms with E-state index in [1.54, 1.807) is 24.3 Å². The number of halogens is 1. The van der Waals surface area contributed by atoms with Crippen molar-refractivity contribution in [2.24, 2.45) is 5.92 Å². The quantitative estimate of drug-likeness (QED) is 0.646. The van der Waals surface area contributed by atoms with Gasteiger partial charge in [0.1, 0.15) is 17.9 Å². The van der Waals surface area contributed by atoms with Gasteiger partial charge in [-0.15, -0.1) is 0 Å². The van der Waals surface area contributed by atoms with Gasteiger partial charge in [0.15, 0.2) is 5.76 Å². The monoisotopic (exact) mass is 438 g/mol. The number of benzene rings is 1. The summed E-state index contributed by atoms with van der Waals surface area (Å²) in [5.41, 5.74) is -0.236. The zero-order chi connectivity index (χ0) is 20.2. The Morgan fingerprint density at radius 3 is 2.59 bits per heavy atom. The van der Waals surface area contributed by atoms with E-state index in [4.69, 9.17) is 9.26 Å². The SMILES string of the molecule is Cc1cc(COc2ccc(C(=O)NC(C)(CC(C)C)C(=O)O)cc2Br)on1. The number of aromatic nitrogens is 1. The Morgan fingerprint density at radius 1 is 1.37 bits per heavy atom. The lowest BCUT2D eigenvalue weighted by molar-refractivity contribution is -0.144. The molecule has 0 radical (unpaired) electrons. The fourth-order valence-electron chi connectivity index (χ4n) is 2.72. The molecule has 7 nitrogen and oxygen atoms in total. The zero-order valence-electron chi connectivity index (χ0n) is 15.7. The minimum Gasteiger partial charge on any atom is -0.484 e. The standard InChI is InChI=1S/C19H23BrN2O5/c1-11(2)9-19(4,18(24)25)21-17(23)13-5-6-16(15(20)8-13)26-10-14-7-12(3)22-27-14/h5-8,11H,9-10H2,1-4H3,(H,21,23)(H,24,25). The molecule has 2 rings (SSSR count). The minimum absolute atomic E-state index is 0.119. The average Bonchev–Trinajstić information content (AvgIpc) is 2.98. The molecular weight excluding hydrogens is 416 g/mol. The average molecular weight is 439 g/mol. The second kappa shape index (κ2) is 8.56. The molecule has 0 spiro atoms. The molecule has 1 unspecified atom stereocenters. The van der Waals surface area contributed by atoms with Crippen LogP contribution in [0.1, 0.15) is 49.0 Å². The lowest BCUT2D eigenvalue weighted by Crippen LogP contribution is -2.53. The van der Waals surface area contributed by atoms with Crippen LogP contribution < -0.4 is 10.1 Å². The Bertz CT molecular complexity index is 833. The fraction of sp³-hybridized carbons (Fsp3) is 0.421. The number of rotatable bonds is 8. The smallest absolute Gasteiger partial charge is 0.329 e. The molecule has 146 valence electrons. The molecule has 1 aromatic carbocycles. The number of carboxylic acid groups (broad SMARTS) is 1. The van der Waals surface area contributed by atoms with Crippen molar-refractivity contribution in [2.45, 2.75) is 46.3 Å². The van der Waals surface area contributed by atoms with Crippen molar-refractivity contribution in [1.29, 1.82) is 0 Å². The van der Waals surface area contributed by atoms with Gasteiger partial charge in [-0.2, -0.15) is 0 Å². The lowest BCUT2D eigenvalue weighted by atomic mass is 9.90. The van der Waals surface area contributed by atoms with Crippen LogP contribution in [0.5, 0.6) is 5.75 Å². The molecule has 8 heteroatoms. The molecule has 1 heterocycles. The maximum Gasteiger partial charge on any atom is 0.329 e. The highest BCUT2D eigenvalue weighted by Gasteiger charge is 2.35. The third-order valence-electron chi connectivity index (χ3n) is 3.92.